The number of benzene rings is 2. The van der Waals surface area contributed by atoms with Gasteiger partial charge in [0.05, 0.1) is 32.6 Å². The Labute approximate surface area is 178 Å². The number of nitrogens with one attached hydrogen (secondary N) is 2. The minimum atomic E-state index is -0.216. The van der Waals surface area contributed by atoms with E-state index in [0.29, 0.717) is 51.0 Å². The lowest BCUT2D eigenvalue weighted by atomic mass is 10.1. The van der Waals surface area contributed by atoms with Crippen LogP contribution >= 0.6 is 0 Å². The fourth-order valence-corrected chi connectivity index (χ4v) is 3.40. The normalized spacial score (nSPS) is 14.5. The van der Waals surface area contributed by atoms with Gasteiger partial charge in [0.1, 0.15) is 11.6 Å². The highest BCUT2D eigenvalue weighted by Crippen LogP contribution is 2.22. The highest BCUT2D eigenvalue weighted by atomic mass is 19.1. The van der Waals surface area contributed by atoms with E-state index < -0.39 is 0 Å². The first-order valence-electron chi connectivity index (χ1n) is 10.4. The Morgan fingerprint density at radius 1 is 1.17 bits per heavy atom. The number of anilines is 1. The first-order chi connectivity index (χ1) is 14.6. The zero-order valence-electron chi connectivity index (χ0n) is 18.0. The number of hydrogen-bond acceptors (Lipinski definition) is 4. The molecule has 2 N–H and O–H groups in total. The Kier molecular flexibility index (Phi) is 7.90. The van der Waals surface area contributed by atoms with Crippen molar-refractivity contribution in [3.8, 4) is 5.75 Å². The van der Waals surface area contributed by atoms with Crippen molar-refractivity contribution in [2.45, 2.75) is 26.9 Å². The molecule has 1 heterocycles. The molecule has 162 valence electrons. The molecule has 1 fully saturated rings. The Morgan fingerprint density at radius 3 is 2.67 bits per heavy atom. The van der Waals surface area contributed by atoms with Crippen LogP contribution in [-0.2, 0) is 17.8 Å². The SMILES string of the molecule is CCNC(=NCc1ccc(N2CCOCC2)c(F)c1)NCc1ccc(C)cc1OC. The van der Waals surface area contributed by atoms with Gasteiger partial charge in [-0.05, 0) is 43.2 Å². The Balaban J connectivity index is 1.65. The summed E-state index contributed by atoms with van der Waals surface area (Å²) in [6.45, 7) is 8.46. The zero-order chi connectivity index (χ0) is 21.3. The quantitative estimate of drug-likeness (QED) is 0.538. The molecule has 0 saturated carbocycles. The van der Waals surface area contributed by atoms with Crippen LogP contribution in [0.1, 0.15) is 23.6 Å². The first kappa shape index (κ1) is 21.9. The largest absolute Gasteiger partial charge is 0.496 e. The summed E-state index contributed by atoms with van der Waals surface area (Å²) >= 11 is 0. The molecule has 1 saturated heterocycles. The summed E-state index contributed by atoms with van der Waals surface area (Å²) in [5.41, 5.74) is 3.66. The van der Waals surface area contributed by atoms with E-state index in [4.69, 9.17) is 9.47 Å². The van der Waals surface area contributed by atoms with Gasteiger partial charge in [-0.2, -0.15) is 0 Å². The highest BCUT2D eigenvalue weighted by molar-refractivity contribution is 5.79. The Bertz CT molecular complexity index is 866. The van der Waals surface area contributed by atoms with Gasteiger partial charge in [0.15, 0.2) is 5.96 Å². The first-order valence-corrected chi connectivity index (χ1v) is 10.4. The number of rotatable bonds is 7. The fourth-order valence-electron chi connectivity index (χ4n) is 3.40. The molecule has 2 aromatic carbocycles. The molecule has 2 aromatic rings. The topological polar surface area (TPSA) is 58.1 Å². The molecule has 0 atom stereocenters. The second-order valence-electron chi connectivity index (χ2n) is 7.25. The Morgan fingerprint density at radius 2 is 1.97 bits per heavy atom. The van der Waals surface area contributed by atoms with Gasteiger partial charge in [-0.15, -0.1) is 0 Å². The molecule has 7 heteroatoms. The van der Waals surface area contributed by atoms with E-state index in [2.05, 4.69) is 21.7 Å². The van der Waals surface area contributed by atoms with Crippen molar-refractivity contribution in [3.63, 3.8) is 0 Å². The number of methoxy groups -OCH3 is 1. The molecule has 0 spiro atoms. The van der Waals surface area contributed by atoms with E-state index in [-0.39, 0.29) is 5.82 Å². The predicted octanol–water partition coefficient (Wildman–Crippen LogP) is 3.23. The van der Waals surface area contributed by atoms with Crippen LogP contribution < -0.4 is 20.3 Å². The van der Waals surface area contributed by atoms with Gasteiger partial charge in [-0.25, -0.2) is 9.38 Å². The predicted molar refractivity (Wildman–Crippen MR) is 119 cm³/mol. The molecular weight excluding hydrogens is 383 g/mol. The van der Waals surface area contributed by atoms with Crippen LogP contribution in [0.15, 0.2) is 41.4 Å². The van der Waals surface area contributed by atoms with Crippen LogP contribution in [0.4, 0.5) is 10.1 Å². The summed E-state index contributed by atoms with van der Waals surface area (Å²) in [6, 6.07) is 11.5. The van der Waals surface area contributed by atoms with Crippen molar-refractivity contribution >= 4 is 11.6 Å². The van der Waals surface area contributed by atoms with Crippen LogP contribution in [-0.4, -0.2) is 45.9 Å². The lowest BCUT2D eigenvalue weighted by Crippen LogP contribution is -2.37. The maximum absolute atomic E-state index is 14.6. The van der Waals surface area contributed by atoms with Crippen LogP contribution in [0.25, 0.3) is 0 Å². The third-order valence-electron chi connectivity index (χ3n) is 5.02. The molecule has 30 heavy (non-hydrogen) atoms. The lowest BCUT2D eigenvalue weighted by molar-refractivity contribution is 0.122. The molecule has 6 nitrogen and oxygen atoms in total. The third-order valence-corrected chi connectivity index (χ3v) is 5.02. The van der Waals surface area contributed by atoms with Crippen molar-refractivity contribution in [2.75, 3.05) is 44.9 Å². The second kappa shape index (κ2) is 10.8. The van der Waals surface area contributed by atoms with E-state index in [1.165, 1.54) is 0 Å². The van der Waals surface area contributed by atoms with Crippen LogP contribution in [0.2, 0.25) is 0 Å². The maximum atomic E-state index is 14.6. The van der Waals surface area contributed by atoms with Gasteiger partial charge in [0.2, 0.25) is 0 Å². The number of hydrogen-bond donors (Lipinski definition) is 2. The van der Waals surface area contributed by atoms with E-state index in [9.17, 15) is 4.39 Å². The molecule has 1 aliphatic heterocycles. The molecule has 0 bridgehead atoms. The van der Waals surface area contributed by atoms with Gasteiger partial charge in [0, 0.05) is 31.7 Å². The summed E-state index contributed by atoms with van der Waals surface area (Å²) in [6.07, 6.45) is 0. The van der Waals surface area contributed by atoms with Crippen molar-refractivity contribution < 1.29 is 13.9 Å². The summed E-state index contributed by atoms with van der Waals surface area (Å²) in [5.74, 6) is 1.31. The van der Waals surface area contributed by atoms with Crippen molar-refractivity contribution in [2.24, 2.45) is 4.99 Å². The van der Waals surface area contributed by atoms with Crippen molar-refractivity contribution in [1.82, 2.24) is 10.6 Å². The van der Waals surface area contributed by atoms with Crippen molar-refractivity contribution in [1.29, 1.82) is 0 Å². The van der Waals surface area contributed by atoms with Crippen LogP contribution in [0, 0.1) is 12.7 Å². The van der Waals surface area contributed by atoms with Crippen LogP contribution in [0.5, 0.6) is 5.75 Å². The molecule has 0 amide bonds. The van der Waals surface area contributed by atoms with Gasteiger partial charge >= 0.3 is 0 Å². The maximum Gasteiger partial charge on any atom is 0.191 e. The van der Waals surface area contributed by atoms with Gasteiger partial charge in [-0.1, -0.05) is 18.2 Å². The molecule has 0 aliphatic carbocycles. The number of ether oxygens (including phenoxy) is 2. The second-order valence-corrected chi connectivity index (χ2v) is 7.25. The van der Waals surface area contributed by atoms with E-state index in [1.807, 2.05) is 43.0 Å². The highest BCUT2D eigenvalue weighted by Gasteiger charge is 2.15. The van der Waals surface area contributed by atoms with E-state index in [1.54, 1.807) is 13.2 Å². The number of guanidine groups is 1. The number of morpholine rings is 1. The number of nitrogens with zero attached hydrogens (tertiary/aromatic N) is 2. The fraction of sp³-hybridized carbons (Fsp3) is 0.435. The smallest absolute Gasteiger partial charge is 0.191 e. The number of aliphatic imine (C=N–C) groups is 1. The number of halogens is 1. The summed E-state index contributed by atoms with van der Waals surface area (Å²) in [4.78, 5) is 6.63. The zero-order valence-corrected chi connectivity index (χ0v) is 18.0. The molecular formula is C23H31FN4O2. The van der Waals surface area contributed by atoms with E-state index >= 15 is 0 Å². The van der Waals surface area contributed by atoms with Crippen LogP contribution in [0.3, 0.4) is 0 Å². The van der Waals surface area contributed by atoms with Gasteiger partial charge in [-0.3, -0.25) is 0 Å². The molecule has 0 aromatic heterocycles. The Hall–Kier alpha value is -2.80. The van der Waals surface area contributed by atoms with Gasteiger partial charge in [0.25, 0.3) is 0 Å². The molecule has 0 unspecified atom stereocenters. The summed E-state index contributed by atoms with van der Waals surface area (Å²) in [5, 5.41) is 6.55. The minimum absolute atomic E-state index is 0.216. The molecule has 3 rings (SSSR count). The monoisotopic (exact) mass is 414 g/mol. The standard InChI is InChI=1S/C23H31FN4O2/c1-4-25-23(27-16-19-7-5-17(2)13-22(19)29-3)26-15-18-6-8-21(20(24)14-18)28-9-11-30-12-10-28/h5-8,13-14H,4,9-12,15-16H2,1-3H3,(H2,25,26,27). The molecule has 1 aliphatic rings. The average Bonchev–Trinajstić information content (AvgIpc) is 2.77. The summed E-state index contributed by atoms with van der Waals surface area (Å²) in [7, 11) is 1.67. The van der Waals surface area contributed by atoms with Gasteiger partial charge < -0.3 is 25.0 Å². The minimum Gasteiger partial charge on any atom is -0.496 e. The average molecular weight is 415 g/mol. The molecule has 0 radical (unpaired) electrons. The van der Waals surface area contributed by atoms with E-state index in [0.717, 1.165) is 29.0 Å². The lowest BCUT2D eigenvalue weighted by Gasteiger charge is -2.29. The summed E-state index contributed by atoms with van der Waals surface area (Å²) < 4.78 is 25.4. The third kappa shape index (κ3) is 5.86. The number of aryl methyl sites for hydroxylation is 1. The van der Waals surface area contributed by atoms with Crippen molar-refractivity contribution in [3.05, 3.63) is 58.9 Å².